The lowest BCUT2D eigenvalue weighted by atomic mass is 10.2. The summed E-state index contributed by atoms with van der Waals surface area (Å²) in [4.78, 5) is 23.1. The molecule has 8 heteroatoms. The number of nitrogens with one attached hydrogen (secondary N) is 1. The molecule has 1 saturated heterocycles. The molecule has 132 valence electrons. The van der Waals surface area contributed by atoms with E-state index in [1.165, 1.54) is 16.4 Å². The molecule has 1 aromatic rings. The Balaban J connectivity index is 2.26. The van der Waals surface area contributed by atoms with E-state index in [2.05, 4.69) is 5.32 Å². The standard InChI is InChI=1S/C16H22N2O5S/c1-12(11-15(19)20)17-16(21)13-7-3-4-8-14(13)24(22,23)18-9-5-2-6-10-18/h3-4,7-8,12H,2,5-6,9-11H2,1H3,(H,17,21)(H,19,20). The molecule has 1 amide bonds. The van der Waals surface area contributed by atoms with Crippen LogP contribution in [0, 0.1) is 0 Å². The second kappa shape index (κ2) is 7.76. The van der Waals surface area contributed by atoms with Crippen molar-refractivity contribution in [3.63, 3.8) is 0 Å². The van der Waals surface area contributed by atoms with E-state index in [0.717, 1.165) is 19.3 Å². The van der Waals surface area contributed by atoms with Gasteiger partial charge in [0.15, 0.2) is 0 Å². The fourth-order valence-corrected chi connectivity index (χ4v) is 4.44. The van der Waals surface area contributed by atoms with Gasteiger partial charge in [0.25, 0.3) is 5.91 Å². The Bertz CT molecular complexity index is 711. The summed E-state index contributed by atoms with van der Waals surface area (Å²) in [6.45, 7) is 2.47. The summed E-state index contributed by atoms with van der Waals surface area (Å²) in [7, 11) is -3.74. The smallest absolute Gasteiger partial charge is 0.305 e. The van der Waals surface area contributed by atoms with E-state index >= 15 is 0 Å². The second-order valence-electron chi connectivity index (χ2n) is 5.93. The molecular formula is C16H22N2O5S. The van der Waals surface area contributed by atoms with Crippen LogP contribution in [0.5, 0.6) is 0 Å². The minimum absolute atomic E-state index is 0.0353. The minimum Gasteiger partial charge on any atom is -0.481 e. The molecule has 1 heterocycles. The molecule has 0 saturated carbocycles. The molecule has 2 rings (SSSR count). The van der Waals surface area contributed by atoms with Gasteiger partial charge in [0.05, 0.1) is 16.9 Å². The molecule has 2 N–H and O–H groups in total. The van der Waals surface area contributed by atoms with Crippen LogP contribution >= 0.6 is 0 Å². The number of nitrogens with zero attached hydrogens (tertiary/aromatic N) is 1. The summed E-state index contributed by atoms with van der Waals surface area (Å²) in [5.74, 6) is -1.61. The Labute approximate surface area is 141 Å². The number of amides is 1. The second-order valence-corrected chi connectivity index (χ2v) is 7.84. The van der Waals surface area contributed by atoms with Gasteiger partial charge in [-0.15, -0.1) is 0 Å². The summed E-state index contributed by atoms with van der Waals surface area (Å²) in [6, 6.07) is 5.43. The molecule has 1 unspecified atom stereocenters. The molecule has 0 bridgehead atoms. The lowest BCUT2D eigenvalue weighted by Crippen LogP contribution is -2.38. The topological polar surface area (TPSA) is 104 Å². The fourth-order valence-electron chi connectivity index (χ4n) is 2.74. The average molecular weight is 354 g/mol. The number of carboxylic acids is 1. The number of carboxylic acid groups (broad SMARTS) is 1. The van der Waals surface area contributed by atoms with Crippen molar-refractivity contribution in [2.45, 2.75) is 43.5 Å². The summed E-state index contributed by atoms with van der Waals surface area (Å²) in [5, 5.41) is 11.3. The molecule has 7 nitrogen and oxygen atoms in total. The average Bonchev–Trinajstić information content (AvgIpc) is 2.54. The number of aliphatic carboxylic acids is 1. The van der Waals surface area contributed by atoms with Crippen molar-refractivity contribution in [1.82, 2.24) is 9.62 Å². The highest BCUT2D eigenvalue weighted by atomic mass is 32.2. The highest BCUT2D eigenvalue weighted by Gasteiger charge is 2.30. The van der Waals surface area contributed by atoms with E-state index in [4.69, 9.17) is 5.11 Å². The van der Waals surface area contributed by atoms with Crippen molar-refractivity contribution >= 4 is 21.9 Å². The SMILES string of the molecule is CC(CC(=O)O)NC(=O)c1ccccc1S(=O)(=O)N1CCCCC1. The van der Waals surface area contributed by atoms with Crippen LogP contribution < -0.4 is 5.32 Å². The van der Waals surface area contributed by atoms with Crippen molar-refractivity contribution in [3.05, 3.63) is 29.8 Å². The largest absolute Gasteiger partial charge is 0.481 e. The first-order valence-electron chi connectivity index (χ1n) is 7.94. The zero-order valence-corrected chi connectivity index (χ0v) is 14.4. The number of sulfonamides is 1. The fraction of sp³-hybridized carbons (Fsp3) is 0.500. The first-order chi connectivity index (χ1) is 11.3. The number of hydrogen-bond donors (Lipinski definition) is 2. The van der Waals surface area contributed by atoms with E-state index in [-0.39, 0.29) is 16.9 Å². The van der Waals surface area contributed by atoms with Crippen molar-refractivity contribution in [2.24, 2.45) is 0 Å². The van der Waals surface area contributed by atoms with Crippen molar-refractivity contribution in [3.8, 4) is 0 Å². The molecule has 24 heavy (non-hydrogen) atoms. The maximum atomic E-state index is 12.8. The monoisotopic (exact) mass is 354 g/mol. The lowest BCUT2D eigenvalue weighted by Gasteiger charge is -2.26. The van der Waals surface area contributed by atoms with E-state index in [1.54, 1.807) is 19.1 Å². The number of carbonyl (C=O) groups is 2. The molecule has 1 atom stereocenters. The quantitative estimate of drug-likeness (QED) is 0.805. The van der Waals surface area contributed by atoms with Crippen LogP contribution in [0.4, 0.5) is 0 Å². The summed E-state index contributed by atoms with van der Waals surface area (Å²) < 4.78 is 27.1. The van der Waals surface area contributed by atoms with Gasteiger partial charge in [-0.2, -0.15) is 4.31 Å². The third-order valence-electron chi connectivity index (χ3n) is 3.92. The predicted octanol–water partition coefficient (Wildman–Crippen LogP) is 1.45. The zero-order valence-electron chi connectivity index (χ0n) is 13.6. The lowest BCUT2D eigenvalue weighted by molar-refractivity contribution is -0.137. The van der Waals surface area contributed by atoms with E-state index < -0.39 is 27.9 Å². The molecule has 0 spiro atoms. The normalized spacial score (nSPS) is 17.2. The van der Waals surface area contributed by atoms with Crippen molar-refractivity contribution in [1.29, 1.82) is 0 Å². The Morgan fingerprint density at radius 1 is 1.21 bits per heavy atom. The van der Waals surface area contributed by atoms with Crippen LogP contribution in [0.15, 0.2) is 29.2 Å². The molecule has 0 aliphatic carbocycles. The summed E-state index contributed by atoms with van der Waals surface area (Å²) >= 11 is 0. The molecule has 1 aliphatic rings. The number of rotatable bonds is 6. The summed E-state index contributed by atoms with van der Waals surface area (Å²) in [5.41, 5.74) is 0.0420. The molecule has 1 aliphatic heterocycles. The van der Waals surface area contributed by atoms with Crippen LogP contribution in [0.25, 0.3) is 0 Å². The Morgan fingerprint density at radius 3 is 2.46 bits per heavy atom. The molecule has 1 aromatic carbocycles. The van der Waals surface area contributed by atoms with Crippen LogP contribution in [-0.4, -0.2) is 48.8 Å². The first-order valence-corrected chi connectivity index (χ1v) is 9.38. The van der Waals surface area contributed by atoms with E-state index in [0.29, 0.717) is 13.1 Å². The first kappa shape index (κ1) is 18.4. The number of carbonyl (C=O) groups excluding carboxylic acids is 1. The van der Waals surface area contributed by atoms with Gasteiger partial charge in [-0.05, 0) is 31.9 Å². The zero-order chi connectivity index (χ0) is 17.7. The molecular weight excluding hydrogens is 332 g/mol. The van der Waals surface area contributed by atoms with Gasteiger partial charge in [-0.25, -0.2) is 8.42 Å². The number of hydrogen-bond acceptors (Lipinski definition) is 4. The van der Waals surface area contributed by atoms with Gasteiger partial charge in [0.1, 0.15) is 0 Å². The van der Waals surface area contributed by atoms with Crippen LogP contribution in [0.1, 0.15) is 43.0 Å². The maximum absolute atomic E-state index is 12.8. The van der Waals surface area contributed by atoms with E-state index in [1.807, 2.05) is 0 Å². The highest BCUT2D eigenvalue weighted by Crippen LogP contribution is 2.23. The van der Waals surface area contributed by atoms with Crippen LogP contribution in [0.3, 0.4) is 0 Å². The maximum Gasteiger partial charge on any atom is 0.305 e. The van der Waals surface area contributed by atoms with Gasteiger partial charge in [0, 0.05) is 19.1 Å². The van der Waals surface area contributed by atoms with Crippen molar-refractivity contribution < 1.29 is 23.1 Å². The summed E-state index contributed by atoms with van der Waals surface area (Å²) in [6.07, 6.45) is 2.39. The third-order valence-corrected chi connectivity index (χ3v) is 5.88. The van der Waals surface area contributed by atoms with Gasteiger partial charge >= 0.3 is 5.97 Å². The van der Waals surface area contributed by atoms with Crippen molar-refractivity contribution in [2.75, 3.05) is 13.1 Å². The van der Waals surface area contributed by atoms with Gasteiger partial charge in [-0.1, -0.05) is 18.6 Å². The minimum atomic E-state index is -3.74. The van der Waals surface area contributed by atoms with Crippen LogP contribution in [0.2, 0.25) is 0 Å². The van der Waals surface area contributed by atoms with Gasteiger partial charge in [-0.3, -0.25) is 9.59 Å². The number of benzene rings is 1. The van der Waals surface area contributed by atoms with E-state index in [9.17, 15) is 18.0 Å². The van der Waals surface area contributed by atoms with Gasteiger partial charge < -0.3 is 10.4 Å². The highest BCUT2D eigenvalue weighted by molar-refractivity contribution is 7.89. The Morgan fingerprint density at radius 2 is 1.83 bits per heavy atom. The molecule has 1 fully saturated rings. The Hall–Kier alpha value is -1.93. The molecule has 0 aromatic heterocycles. The molecule has 0 radical (unpaired) electrons. The Kier molecular flexibility index (Phi) is 5.95. The van der Waals surface area contributed by atoms with Crippen LogP contribution in [-0.2, 0) is 14.8 Å². The third kappa shape index (κ3) is 4.33. The predicted molar refractivity (Wildman–Crippen MR) is 88.2 cm³/mol. The van der Waals surface area contributed by atoms with Gasteiger partial charge in [0.2, 0.25) is 10.0 Å². The number of piperidine rings is 1.